The Morgan fingerprint density at radius 3 is 2.64 bits per heavy atom. The SMILES string of the molecule is NC(=O)c1cc2sccc2nc1OC1CCC(NC(=O)C2CC(=O)N(Cc3ccc(Cl)cc3)C2)CC1. The Bertz CT molecular complexity index is 1290. The number of hydrogen-bond donors (Lipinski definition) is 2. The molecule has 2 aromatic heterocycles. The summed E-state index contributed by atoms with van der Waals surface area (Å²) in [5.74, 6) is -0.732. The fourth-order valence-electron chi connectivity index (χ4n) is 4.86. The van der Waals surface area contributed by atoms with Crippen molar-refractivity contribution in [1.82, 2.24) is 15.2 Å². The zero-order valence-corrected chi connectivity index (χ0v) is 21.2. The maximum atomic E-state index is 12.9. The summed E-state index contributed by atoms with van der Waals surface area (Å²) in [6.07, 6.45) is 3.06. The molecule has 36 heavy (non-hydrogen) atoms. The smallest absolute Gasteiger partial charge is 0.254 e. The minimum Gasteiger partial charge on any atom is -0.474 e. The van der Waals surface area contributed by atoms with E-state index in [1.165, 1.54) is 11.3 Å². The summed E-state index contributed by atoms with van der Waals surface area (Å²) in [6.45, 7) is 0.888. The van der Waals surface area contributed by atoms with Crippen molar-refractivity contribution < 1.29 is 19.1 Å². The molecule has 3 aromatic rings. The van der Waals surface area contributed by atoms with Crippen molar-refractivity contribution in [2.45, 2.75) is 50.8 Å². The summed E-state index contributed by atoms with van der Waals surface area (Å²) in [6, 6.07) is 11.0. The number of rotatable bonds is 7. The molecule has 1 aromatic carbocycles. The topological polar surface area (TPSA) is 115 Å². The number of thiophene rings is 1. The summed E-state index contributed by atoms with van der Waals surface area (Å²) in [5.41, 5.74) is 7.60. The van der Waals surface area contributed by atoms with Gasteiger partial charge in [0.05, 0.1) is 16.1 Å². The molecule has 0 radical (unpaired) electrons. The molecule has 5 rings (SSSR count). The van der Waals surface area contributed by atoms with Crippen LogP contribution in [-0.2, 0) is 16.1 Å². The van der Waals surface area contributed by atoms with Gasteiger partial charge in [-0.1, -0.05) is 23.7 Å². The van der Waals surface area contributed by atoms with Gasteiger partial charge in [0.1, 0.15) is 11.7 Å². The molecular formula is C26H27ClN4O4S. The maximum absolute atomic E-state index is 12.9. The van der Waals surface area contributed by atoms with Gasteiger partial charge in [-0.3, -0.25) is 14.4 Å². The van der Waals surface area contributed by atoms with Crippen LogP contribution in [0.25, 0.3) is 10.2 Å². The fourth-order valence-corrected chi connectivity index (χ4v) is 5.75. The highest BCUT2D eigenvalue weighted by Gasteiger charge is 2.35. The van der Waals surface area contributed by atoms with Crippen LogP contribution in [-0.4, -0.2) is 46.3 Å². The van der Waals surface area contributed by atoms with Crippen molar-refractivity contribution in [3.05, 3.63) is 57.9 Å². The van der Waals surface area contributed by atoms with E-state index in [0.29, 0.717) is 18.1 Å². The first kappa shape index (κ1) is 24.5. The van der Waals surface area contributed by atoms with Crippen LogP contribution < -0.4 is 15.8 Å². The quantitative estimate of drug-likeness (QED) is 0.484. The van der Waals surface area contributed by atoms with Crippen LogP contribution in [0.1, 0.15) is 48.0 Å². The van der Waals surface area contributed by atoms with Crippen molar-refractivity contribution in [2.24, 2.45) is 11.7 Å². The van der Waals surface area contributed by atoms with Crippen LogP contribution in [0.2, 0.25) is 5.02 Å². The van der Waals surface area contributed by atoms with E-state index in [2.05, 4.69) is 10.3 Å². The Balaban J connectivity index is 1.12. The molecule has 0 spiro atoms. The van der Waals surface area contributed by atoms with Crippen LogP contribution in [0.5, 0.6) is 5.88 Å². The Morgan fingerprint density at radius 1 is 1.17 bits per heavy atom. The van der Waals surface area contributed by atoms with Gasteiger partial charge in [0.25, 0.3) is 5.91 Å². The highest BCUT2D eigenvalue weighted by atomic mass is 35.5. The van der Waals surface area contributed by atoms with Crippen LogP contribution >= 0.6 is 22.9 Å². The van der Waals surface area contributed by atoms with Crippen molar-refractivity contribution in [3.8, 4) is 5.88 Å². The number of ether oxygens (including phenoxy) is 1. The number of nitrogens with two attached hydrogens (primary N) is 1. The van der Waals surface area contributed by atoms with E-state index in [1.807, 2.05) is 23.6 Å². The number of hydrogen-bond acceptors (Lipinski definition) is 6. The Kier molecular flexibility index (Phi) is 7.11. The number of fused-ring (bicyclic) bond motifs is 1. The molecule has 1 atom stereocenters. The molecule has 1 aliphatic heterocycles. The molecule has 10 heteroatoms. The van der Waals surface area contributed by atoms with Gasteiger partial charge in [0.15, 0.2) is 0 Å². The van der Waals surface area contributed by atoms with E-state index in [9.17, 15) is 14.4 Å². The standard InChI is InChI=1S/C26H27ClN4O4S/c27-17-3-1-15(2-4-17)13-31-14-16(11-23(31)32)25(34)29-18-5-7-19(8-6-18)35-26-20(24(28)33)12-22-21(30-26)9-10-36-22/h1-4,9-10,12,16,18-19H,5-8,11,13-14H2,(H2,28,33)(H,29,34). The molecule has 3 heterocycles. The lowest BCUT2D eigenvalue weighted by molar-refractivity contribution is -0.129. The number of nitrogens with zero attached hydrogens (tertiary/aromatic N) is 2. The van der Waals surface area contributed by atoms with Gasteiger partial charge in [0, 0.05) is 30.6 Å². The molecule has 2 fully saturated rings. The Hall–Kier alpha value is -3.17. The molecule has 1 aliphatic carbocycles. The van der Waals surface area contributed by atoms with Crippen molar-refractivity contribution in [3.63, 3.8) is 0 Å². The minimum atomic E-state index is -0.565. The monoisotopic (exact) mass is 526 g/mol. The zero-order chi connectivity index (χ0) is 25.2. The predicted molar refractivity (Wildman–Crippen MR) is 138 cm³/mol. The van der Waals surface area contributed by atoms with Crippen molar-refractivity contribution >= 4 is 50.9 Å². The third-order valence-electron chi connectivity index (χ3n) is 6.84. The van der Waals surface area contributed by atoms with Crippen LogP contribution in [0.3, 0.4) is 0 Å². The average molecular weight is 527 g/mol. The normalized spacial score (nSPS) is 22.1. The van der Waals surface area contributed by atoms with E-state index < -0.39 is 5.91 Å². The van der Waals surface area contributed by atoms with Gasteiger partial charge in [-0.15, -0.1) is 11.3 Å². The van der Waals surface area contributed by atoms with Crippen LogP contribution in [0.4, 0.5) is 0 Å². The second-order valence-electron chi connectivity index (χ2n) is 9.41. The Labute approximate surface area is 217 Å². The third-order valence-corrected chi connectivity index (χ3v) is 7.94. The van der Waals surface area contributed by atoms with Crippen molar-refractivity contribution in [2.75, 3.05) is 6.54 Å². The molecular weight excluding hydrogens is 500 g/mol. The number of primary amides is 1. The van der Waals surface area contributed by atoms with Gasteiger partial charge in [-0.05, 0) is 60.9 Å². The molecule has 1 saturated heterocycles. The third kappa shape index (κ3) is 5.47. The first-order valence-electron chi connectivity index (χ1n) is 12.0. The number of carbonyl (C=O) groups excluding carboxylic acids is 3. The van der Waals surface area contributed by atoms with Crippen LogP contribution in [0, 0.1) is 5.92 Å². The minimum absolute atomic E-state index is 0.0115. The number of aromatic nitrogens is 1. The largest absolute Gasteiger partial charge is 0.474 e. The molecule has 1 saturated carbocycles. The number of nitrogens with one attached hydrogen (secondary N) is 1. The number of likely N-dealkylation sites (tertiary alicyclic amines) is 1. The maximum Gasteiger partial charge on any atom is 0.254 e. The first-order valence-corrected chi connectivity index (χ1v) is 13.3. The van der Waals surface area contributed by atoms with Gasteiger partial charge in [-0.2, -0.15) is 0 Å². The molecule has 3 N–H and O–H groups in total. The number of halogens is 1. The summed E-state index contributed by atoms with van der Waals surface area (Å²) in [5, 5.41) is 5.69. The van der Waals surface area contributed by atoms with Gasteiger partial charge in [0.2, 0.25) is 17.7 Å². The summed E-state index contributed by atoms with van der Waals surface area (Å²) >= 11 is 7.43. The number of pyridine rings is 1. The van der Waals surface area contributed by atoms with Gasteiger partial charge < -0.3 is 20.7 Å². The molecule has 2 aliphatic rings. The zero-order valence-electron chi connectivity index (χ0n) is 19.6. The highest BCUT2D eigenvalue weighted by molar-refractivity contribution is 7.17. The summed E-state index contributed by atoms with van der Waals surface area (Å²) in [4.78, 5) is 43.5. The Morgan fingerprint density at radius 2 is 1.92 bits per heavy atom. The van der Waals surface area contributed by atoms with Gasteiger partial charge >= 0.3 is 0 Å². The van der Waals surface area contributed by atoms with E-state index in [0.717, 1.165) is 41.5 Å². The lowest BCUT2D eigenvalue weighted by Gasteiger charge is -2.30. The predicted octanol–water partition coefficient (Wildman–Crippen LogP) is 3.90. The molecule has 188 valence electrons. The molecule has 3 amide bonds. The van der Waals surface area contributed by atoms with Crippen molar-refractivity contribution in [1.29, 1.82) is 0 Å². The van der Waals surface area contributed by atoms with E-state index in [4.69, 9.17) is 22.1 Å². The fraction of sp³-hybridized carbons (Fsp3) is 0.385. The van der Waals surface area contributed by atoms with Crippen LogP contribution in [0.15, 0.2) is 41.8 Å². The molecule has 1 unspecified atom stereocenters. The van der Waals surface area contributed by atoms with E-state index in [1.54, 1.807) is 23.1 Å². The number of amides is 3. The lowest BCUT2D eigenvalue weighted by atomic mass is 9.92. The second-order valence-corrected chi connectivity index (χ2v) is 10.8. The molecule has 0 bridgehead atoms. The first-order chi connectivity index (χ1) is 17.4. The summed E-state index contributed by atoms with van der Waals surface area (Å²) in [7, 11) is 0. The number of carbonyl (C=O) groups is 3. The highest BCUT2D eigenvalue weighted by Crippen LogP contribution is 2.30. The van der Waals surface area contributed by atoms with E-state index in [-0.39, 0.29) is 47.7 Å². The average Bonchev–Trinajstić information content (AvgIpc) is 3.47. The number of benzene rings is 1. The molecule has 8 nitrogen and oxygen atoms in total. The second kappa shape index (κ2) is 10.4. The van der Waals surface area contributed by atoms with Gasteiger partial charge in [-0.25, -0.2) is 4.98 Å². The lowest BCUT2D eigenvalue weighted by Crippen LogP contribution is -2.43. The summed E-state index contributed by atoms with van der Waals surface area (Å²) < 4.78 is 6.98. The van der Waals surface area contributed by atoms with E-state index >= 15 is 0 Å².